The van der Waals surface area contributed by atoms with Crippen LogP contribution >= 0.6 is 0 Å². The van der Waals surface area contributed by atoms with Gasteiger partial charge in [0.25, 0.3) is 5.91 Å². The summed E-state index contributed by atoms with van der Waals surface area (Å²) in [7, 11) is 0. The summed E-state index contributed by atoms with van der Waals surface area (Å²) in [5.41, 5.74) is 6.59. The number of hydrogen-bond donors (Lipinski definition) is 2. The Morgan fingerprint density at radius 3 is 2.65 bits per heavy atom. The van der Waals surface area contributed by atoms with Gasteiger partial charge < -0.3 is 15.8 Å². The maximum absolute atomic E-state index is 12.2. The van der Waals surface area contributed by atoms with Gasteiger partial charge >= 0.3 is 0 Å². The summed E-state index contributed by atoms with van der Waals surface area (Å²) in [5.74, 6) is -1.01. The molecular formula is C17H19N3O3. The van der Waals surface area contributed by atoms with Crippen LogP contribution in [-0.2, 0) is 11.3 Å². The van der Waals surface area contributed by atoms with Gasteiger partial charge in [-0.15, -0.1) is 0 Å². The van der Waals surface area contributed by atoms with Gasteiger partial charge in [-0.2, -0.15) is 0 Å². The predicted octanol–water partition coefficient (Wildman–Crippen LogP) is 1.86. The number of nitrogens with one attached hydrogen (secondary N) is 1. The zero-order chi connectivity index (χ0) is 16.7. The van der Waals surface area contributed by atoms with E-state index >= 15 is 0 Å². The van der Waals surface area contributed by atoms with Gasteiger partial charge in [-0.3, -0.25) is 14.6 Å². The number of aromatic nitrogens is 1. The van der Waals surface area contributed by atoms with Crippen LogP contribution in [0.25, 0.3) is 0 Å². The zero-order valence-electron chi connectivity index (χ0n) is 12.9. The molecule has 0 radical (unpaired) electrons. The molecule has 1 unspecified atom stereocenters. The fourth-order valence-corrected chi connectivity index (χ4v) is 1.96. The lowest BCUT2D eigenvalue weighted by molar-refractivity contribution is 0.0154. The monoisotopic (exact) mass is 313 g/mol. The van der Waals surface area contributed by atoms with Crippen molar-refractivity contribution < 1.29 is 14.3 Å². The third-order valence-electron chi connectivity index (χ3n) is 3.23. The van der Waals surface area contributed by atoms with Crippen LogP contribution in [0.2, 0.25) is 0 Å². The molecule has 0 bridgehead atoms. The van der Waals surface area contributed by atoms with Crippen molar-refractivity contribution >= 4 is 11.8 Å². The van der Waals surface area contributed by atoms with Gasteiger partial charge in [0.2, 0.25) is 5.91 Å². The van der Waals surface area contributed by atoms with E-state index in [-0.39, 0.29) is 11.3 Å². The lowest BCUT2D eigenvalue weighted by atomic mass is 10.2. The minimum atomic E-state index is -0.603. The number of ether oxygens (including phenoxy) is 1. The zero-order valence-corrected chi connectivity index (χ0v) is 12.9. The van der Waals surface area contributed by atoms with Crippen LogP contribution < -0.4 is 11.1 Å². The third kappa shape index (κ3) is 4.89. The van der Waals surface area contributed by atoms with E-state index in [1.807, 2.05) is 37.3 Å². The van der Waals surface area contributed by atoms with E-state index in [2.05, 4.69) is 10.3 Å². The molecule has 0 fully saturated rings. The molecule has 1 atom stereocenters. The number of primary amides is 1. The van der Waals surface area contributed by atoms with Crippen molar-refractivity contribution in [1.82, 2.24) is 10.3 Å². The van der Waals surface area contributed by atoms with E-state index in [0.29, 0.717) is 13.0 Å². The molecule has 6 nitrogen and oxygen atoms in total. The Balaban J connectivity index is 1.96. The summed E-state index contributed by atoms with van der Waals surface area (Å²) in [4.78, 5) is 27.3. The van der Waals surface area contributed by atoms with Gasteiger partial charge in [0.15, 0.2) is 0 Å². The Hall–Kier alpha value is -2.73. The van der Waals surface area contributed by atoms with Crippen LogP contribution in [0.4, 0.5) is 0 Å². The van der Waals surface area contributed by atoms with Crippen molar-refractivity contribution in [2.75, 3.05) is 0 Å². The largest absolute Gasteiger partial charge is 0.366 e. The molecule has 0 saturated heterocycles. The maximum atomic E-state index is 12.2. The van der Waals surface area contributed by atoms with Crippen molar-refractivity contribution in [3.05, 3.63) is 65.5 Å². The van der Waals surface area contributed by atoms with Crippen molar-refractivity contribution in [3.8, 4) is 0 Å². The molecule has 1 heterocycles. The molecule has 2 aromatic rings. The Kier molecular flexibility index (Phi) is 5.82. The van der Waals surface area contributed by atoms with E-state index in [0.717, 1.165) is 5.56 Å². The number of amides is 2. The fourth-order valence-electron chi connectivity index (χ4n) is 1.96. The number of rotatable bonds is 7. The second kappa shape index (κ2) is 8.05. The Bertz CT molecular complexity index is 674. The number of nitrogens with two attached hydrogens (primary N) is 1. The average molecular weight is 313 g/mol. The van der Waals surface area contributed by atoms with Gasteiger partial charge in [0, 0.05) is 11.8 Å². The molecule has 1 aromatic carbocycles. The highest BCUT2D eigenvalue weighted by Gasteiger charge is 2.15. The second-order valence-electron chi connectivity index (χ2n) is 4.96. The van der Waals surface area contributed by atoms with Crippen LogP contribution in [0.1, 0.15) is 39.8 Å². The quantitative estimate of drug-likeness (QED) is 0.763. The Morgan fingerprint density at radius 2 is 2.00 bits per heavy atom. The highest BCUT2D eigenvalue weighted by Crippen LogP contribution is 2.06. The van der Waals surface area contributed by atoms with Crippen LogP contribution in [0.3, 0.4) is 0 Å². The second-order valence-corrected chi connectivity index (χ2v) is 4.96. The van der Waals surface area contributed by atoms with Gasteiger partial charge in [-0.05, 0) is 24.1 Å². The summed E-state index contributed by atoms with van der Waals surface area (Å²) in [6.07, 6.45) is 1.54. The number of benzene rings is 1. The average Bonchev–Trinajstić information content (AvgIpc) is 2.59. The number of carbonyl (C=O) groups excluding carboxylic acids is 2. The molecule has 0 saturated carbocycles. The summed E-state index contributed by atoms with van der Waals surface area (Å²) in [6, 6.07) is 12.5. The fraction of sp³-hybridized carbons (Fsp3) is 0.235. The maximum Gasteiger partial charge on any atom is 0.271 e. The van der Waals surface area contributed by atoms with Crippen LogP contribution in [-0.4, -0.2) is 23.0 Å². The van der Waals surface area contributed by atoms with Crippen LogP contribution in [0.15, 0.2) is 48.7 Å². The Labute approximate surface area is 134 Å². The molecule has 3 N–H and O–H groups in total. The van der Waals surface area contributed by atoms with Crippen molar-refractivity contribution in [1.29, 1.82) is 0 Å². The molecule has 0 aliphatic rings. The highest BCUT2D eigenvalue weighted by molar-refractivity contribution is 5.97. The minimum Gasteiger partial charge on any atom is -0.366 e. The first kappa shape index (κ1) is 16.6. The normalized spacial score (nSPS) is 11.7. The van der Waals surface area contributed by atoms with Gasteiger partial charge in [0.05, 0.1) is 6.61 Å². The molecule has 23 heavy (non-hydrogen) atoms. The summed E-state index contributed by atoms with van der Waals surface area (Å²) in [6.45, 7) is 2.30. The first-order chi connectivity index (χ1) is 11.1. The molecule has 0 aliphatic carbocycles. The lowest BCUT2D eigenvalue weighted by Crippen LogP contribution is -2.37. The van der Waals surface area contributed by atoms with Crippen LogP contribution in [0.5, 0.6) is 0 Å². The summed E-state index contributed by atoms with van der Waals surface area (Å²) in [5, 5.41) is 2.74. The van der Waals surface area contributed by atoms with E-state index in [9.17, 15) is 9.59 Å². The smallest absolute Gasteiger partial charge is 0.271 e. The van der Waals surface area contributed by atoms with Crippen molar-refractivity contribution in [3.63, 3.8) is 0 Å². The molecule has 6 heteroatoms. The molecule has 2 amide bonds. The highest BCUT2D eigenvalue weighted by atomic mass is 16.5. The summed E-state index contributed by atoms with van der Waals surface area (Å²) >= 11 is 0. The van der Waals surface area contributed by atoms with E-state index in [4.69, 9.17) is 10.5 Å². The Morgan fingerprint density at radius 1 is 1.26 bits per heavy atom. The third-order valence-corrected chi connectivity index (χ3v) is 3.23. The van der Waals surface area contributed by atoms with Crippen molar-refractivity contribution in [2.45, 2.75) is 26.2 Å². The van der Waals surface area contributed by atoms with E-state index in [1.54, 1.807) is 0 Å². The first-order valence-electron chi connectivity index (χ1n) is 7.32. The predicted molar refractivity (Wildman–Crippen MR) is 85.5 cm³/mol. The number of hydrogen-bond acceptors (Lipinski definition) is 4. The number of carbonyl (C=O) groups is 2. The van der Waals surface area contributed by atoms with Gasteiger partial charge in [-0.1, -0.05) is 37.3 Å². The van der Waals surface area contributed by atoms with E-state index in [1.165, 1.54) is 18.3 Å². The van der Waals surface area contributed by atoms with Gasteiger partial charge in [0.1, 0.15) is 11.9 Å². The minimum absolute atomic E-state index is 0.128. The SMILES string of the molecule is CCC(NC(=O)c1cc(C(N)=O)ccn1)OCc1ccccc1. The molecule has 0 aliphatic heterocycles. The van der Waals surface area contributed by atoms with Crippen LogP contribution in [0, 0.1) is 0 Å². The number of pyridine rings is 1. The number of nitrogens with zero attached hydrogens (tertiary/aromatic N) is 1. The molecule has 1 aromatic heterocycles. The molecule has 2 rings (SSSR count). The first-order valence-corrected chi connectivity index (χ1v) is 7.32. The lowest BCUT2D eigenvalue weighted by Gasteiger charge is -2.17. The standard InChI is InChI=1S/C17H19N3O3/c1-2-15(23-11-12-6-4-3-5-7-12)20-17(22)14-10-13(16(18)21)8-9-19-14/h3-10,15H,2,11H2,1H3,(H2,18,21)(H,20,22). The van der Waals surface area contributed by atoms with E-state index < -0.39 is 18.0 Å². The van der Waals surface area contributed by atoms with Crippen molar-refractivity contribution in [2.24, 2.45) is 5.73 Å². The molecular weight excluding hydrogens is 294 g/mol. The molecule has 120 valence electrons. The topological polar surface area (TPSA) is 94.3 Å². The molecule has 0 spiro atoms. The summed E-state index contributed by atoms with van der Waals surface area (Å²) < 4.78 is 5.70. The van der Waals surface area contributed by atoms with Gasteiger partial charge in [-0.25, -0.2) is 0 Å².